The van der Waals surface area contributed by atoms with Crippen LogP contribution in [-0.2, 0) is 6.18 Å². The third-order valence-electron chi connectivity index (χ3n) is 6.90. The molecule has 1 saturated carbocycles. The van der Waals surface area contributed by atoms with E-state index in [2.05, 4.69) is 62.6 Å². The summed E-state index contributed by atoms with van der Waals surface area (Å²) in [5, 5.41) is 8.60. The summed E-state index contributed by atoms with van der Waals surface area (Å²) >= 11 is 0. The zero-order chi connectivity index (χ0) is 28.2. The molecule has 7 heteroatoms. The van der Waals surface area contributed by atoms with Crippen LogP contribution in [0.1, 0.15) is 81.7 Å². The Morgan fingerprint density at radius 2 is 1.87 bits per heavy atom. The Balaban J connectivity index is 1.49. The van der Waals surface area contributed by atoms with Crippen LogP contribution in [0.4, 0.5) is 18.9 Å². The number of anilines is 1. The molecule has 3 nitrogen and oxygen atoms in total. The summed E-state index contributed by atoms with van der Waals surface area (Å²) < 4.78 is 39.9. The fraction of sp³-hybridized carbons (Fsp3) is 0.406. The van der Waals surface area contributed by atoms with Crippen LogP contribution in [0.5, 0.6) is 0 Å². The van der Waals surface area contributed by atoms with Gasteiger partial charge in [0.05, 0.1) is 17.0 Å². The van der Waals surface area contributed by atoms with Crippen LogP contribution in [0.2, 0.25) is 0 Å². The number of benzene rings is 2. The van der Waals surface area contributed by atoms with Gasteiger partial charge in [0.1, 0.15) is 0 Å². The molecule has 1 aliphatic heterocycles. The van der Waals surface area contributed by atoms with Gasteiger partial charge in [-0.2, -0.15) is 13.2 Å². The van der Waals surface area contributed by atoms with Crippen molar-refractivity contribution in [1.29, 1.82) is 0 Å². The highest BCUT2D eigenvalue weighted by molar-refractivity contribution is 7.45. The van der Waals surface area contributed by atoms with Gasteiger partial charge in [0, 0.05) is 23.6 Å². The second kappa shape index (κ2) is 12.7. The topological polar surface area (TPSA) is 36.4 Å². The van der Waals surface area contributed by atoms with E-state index in [1.54, 1.807) is 12.1 Å². The van der Waals surface area contributed by atoms with Crippen LogP contribution in [0.15, 0.2) is 76.2 Å². The molecule has 2 aromatic rings. The van der Waals surface area contributed by atoms with Crippen LogP contribution in [0, 0.1) is 12.8 Å². The highest BCUT2D eigenvalue weighted by atomic mass is 31.1. The minimum atomic E-state index is -4.34. The lowest BCUT2D eigenvalue weighted by Crippen LogP contribution is -2.30. The van der Waals surface area contributed by atoms with Crippen molar-refractivity contribution in [2.45, 2.75) is 78.3 Å². The molecule has 4 rings (SSSR count). The van der Waals surface area contributed by atoms with E-state index in [0.717, 1.165) is 53.9 Å². The predicted octanol–water partition coefficient (Wildman–Crippen LogP) is 9.59. The molecule has 0 bridgehead atoms. The second-order valence-corrected chi connectivity index (χ2v) is 12.2. The van der Waals surface area contributed by atoms with Crippen LogP contribution >= 0.6 is 8.58 Å². The van der Waals surface area contributed by atoms with Gasteiger partial charge in [-0.15, -0.1) is 0 Å². The molecule has 0 saturated heterocycles. The van der Waals surface area contributed by atoms with Crippen molar-refractivity contribution < 1.29 is 13.2 Å². The summed E-state index contributed by atoms with van der Waals surface area (Å²) in [6, 6.07) is 12.8. The maximum atomic E-state index is 13.3. The van der Waals surface area contributed by atoms with Gasteiger partial charge in [-0.3, -0.25) is 10.3 Å². The molecule has 2 N–H and O–H groups in total. The fourth-order valence-electron chi connectivity index (χ4n) is 4.67. The lowest BCUT2D eigenvalue weighted by atomic mass is 10.0. The van der Waals surface area contributed by atoms with Gasteiger partial charge in [0.15, 0.2) is 0 Å². The van der Waals surface area contributed by atoms with E-state index in [1.807, 2.05) is 18.3 Å². The van der Waals surface area contributed by atoms with E-state index in [9.17, 15) is 13.2 Å². The van der Waals surface area contributed by atoms with Crippen LogP contribution in [-0.4, -0.2) is 12.0 Å². The Kier molecular flexibility index (Phi) is 9.51. The summed E-state index contributed by atoms with van der Waals surface area (Å²) in [6.07, 6.45) is 6.18. The fourth-order valence-corrected chi connectivity index (χ4v) is 6.04. The molecule has 0 aromatic heterocycles. The quantitative estimate of drug-likeness (QED) is 0.303. The number of hydrogen-bond donors (Lipinski definition) is 2. The molecule has 3 atom stereocenters. The van der Waals surface area contributed by atoms with Crippen molar-refractivity contribution in [2.75, 3.05) is 5.32 Å². The van der Waals surface area contributed by atoms with Crippen LogP contribution in [0.25, 0.3) is 5.70 Å². The zero-order valence-electron chi connectivity index (χ0n) is 23.4. The van der Waals surface area contributed by atoms with Gasteiger partial charge in [0.2, 0.25) is 0 Å². The van der Waals surface area contributed by atoms with E-state index in [0.29, 0.717) is 14.5 Å². The minimum absolute atomic E-state index is 0.101. The lowest BCUT2D eigenvalue weighted by molar-refractivity contribution is -0.138. The third kappa shape index (κ3) is 7.93. The molecule has 0 radical (unpaired) electrons. The van der Waals surface area contributed by atoms with Crippen molar-refractivity contribution in [3.63, 3.8) is 0 Å². The summed E-state index contributed by atoms with van der Waals surface area (Å²) in [4.78, 5) is 4.78. The normalized spacial score (nSPS) is 20.7. The van der Waals surface area contributed by atoms with E-state index in [1.165, 1.54) is 23.9 Å². The third-order valence-corrected chi connectivity index (χ3v) is 8.30. The number of allylic oxidation sites excluding steroid dienone is 4. The minimum Gasteiger partial charge on any atom is -0.355 e. The van der Waals surface area contributed by atoms with E-state index in [-0.39, 0.29) is 17.4 Å². The summed E-state index contributed by atoms with van der Waals surface area (Å²) in [6.45, 7) is 10.3. The average Bonchev–Trinajstić information content (AvgIpc) is 3.72. The van der Waals surface area contributed by atoms with Crippen molar-refractivity contribution >= 4 is 26.2 Å². The number of aryl methyl sites for hydroxylation is 1. The Hall–Kier alpha value is -2.69. The monoisotopic (exact) mass is 553 g/mol. The van der Waals surface area contributed by atoms with Gasteiger partial charge in [-0.1, -0.05) is 59.7 Å². The Morgan fingerprint density at radius 3 is 2.51 bits per heavy atom. The van der Waals surface area contributed by atoms with E-state index < -0.39 is 11.7 Å². The maximum absolute atomic E-state index is 13.3. The van der Waals surface area contributed by atoms with Crippen molar-refractivity contribution in [3.8, 4) is 0 Å². The first kappa shape index (κ1) is 29.3. The summed E-state index contributed by atoms with van der Waals surface area (Å²) in [5.74, 6) is 0.780. The molecule has 1 fully saturated rings. The Labute approximate surface area is 232 Å². The number of alkyl halides is 3. The molecule has 2 aromatic carbocycles. The molecule has 1 aliphatic carbocycles. The maximum Gasteiger partial charge on any atom is 0.416 e. The number of halogens is 3. The molecule has 2 aliphatic rings. The molecule has 1 heterocycles. The zero-order valence-corrected chi connectivity index (χ0v) is 24.4. The molecular weight excluding hydrogens is 514 g/mol. The largest absolute Gasteiger partial charge is 0.416 e. The predicted molar refractivity (Wildman–Crippen MR) is 160 cm³/mol. The molecule has 3 unspecified atom stereocenters. The van der Waals surface area contributed by atoms with Gasteiger partial charge in [0.25, 0.3) is 0 Å². The Morgan fingerprint density at radius 1 is 1.10 bits per heavy atom. The summed E-state index contributed by atoms with van der Waals surface area (Å²) in [7, 11) is 0.613. The van der Waals surface area contributed by atoms with Gasteiger partial charge >= 0.3 is 6.18 Å². The Bertz CT molecular complexity index is 1300. The second-order valence-electron chi connectivity index (χ2n) is 10.8. The summed E-state index contributed by atoms with van der Waals surface area (Å²) in [5.41, 5.74) is 5.78. The van der Waals surface area contributed by atoms with Gasteiger partial charge in [-0.25, -0.2) is 0 Å². The molecule has 39 heavy (non-hydrogen) atoms. The van der Waals surface area contributed by atoms with Gasteiger partial charge < -0.3 is 5.32 Å². The number of nitrogens with one attached hydrogen (secondary N) is 2. The van der Waals surface area contributed by atoms with Crippen molar-refractivity contribution in [2.24, 2.45) is 10.9 Å². The average molecular weight is 554 g/mol. The molecule has 208 valence electrons. The van der Waals surface area contributed by atoms with Crippen LogP contribution < -0.4 is 10.6 Å². The first-order valence-electron chi connectivity index (χ1n) is 13.8. The highest BCUT2D eigenvalue weighted by Crippen LogP contribution is 2.41. The van der Waals surface area contributed by atoms with Crippen LogP contribution in [0.3, 0.4) is 0 Å². The SMILES string of the molecule is CC/C=C1/N=CC(NC(C)c2cccc(NC(=C3CC3)c3ccc(C(F)(F)F)c(C)c3)c2)P/C1=C\CC(C)C. The smallest absolute Gasteiger partial charge is 0.355 e. The lowest BCUT2D eigenvalue weighted by Gasteiger charge is -2.26. The van der Waals surface area contributed by atoms with E-state index in [4.69, 9.17) is 4.99 Å². The number of aliphatic imine (C=N–C) groups is 1. The van der Waals surface area contributed by atoms with Gasteiger partial charge in [-0.05, 0) is 97.3 Å². The van der Waals surface area contributed by atoms with E-state index >= 15 is 0 Å². The van der Waals surface area contributed by atoms with Crippen molar-refractivity contribution in [3.05, 3.63) is 93.5 Å². The number of hydrogen-bond acceptors (Lipinski definition) is 3. The molecular formula is C32H39F3N3P. The highest BCUT2D eigenvalue weighted by Gasteiger charge is 2.32. The molecule has 0 amide bonds. The molecule has 0 spiro atoms. The number of rotatable bonds is 9. The first-order valence-corrected chi connectivity index (χ1v) is 14.9. The first-order chi connectivity index (χ1) is 18.5. The van der Waals surface area contributed by atoms with Crippen molar-refractivity contribution in [1.82, 2.24) is 5.32 Å². The number of nitrogens with zero attached hydrogens (tertiary/aromatic N) is 1. The standard InChI is InChI=1S/C32H39F3N3P/c1-6-8-28-29(16-11-20(2)3)39-30(19-36-28)37-22(5)24-9-7-10-26(18-24)38-31(23-12-13-23)25-14-15-27(21(4)17-25)32(33,34)35/h7-10,14-20,22,30,37-39H,6,11-13H2,1-5H3/b28-8+,29-16-.